The molecule has 4 nitrogen and oxygen atoms in total. The van der Waals surface area contributed by atoms with Gasteiger partial charge in [-0.2, -0.15) is 0 Å². The number of hydrogen-bond acceptors (Lipinski definition) is 6. The highest BCUT2D eigenvalue weighted by Gasteiger charge is 2.20. The van der Waals surface area contributed by atoms with Crippen LogP contribution in [-0.2, 0) is 6.54 Å². The quantitative estimate of drug-likeness (QED) is 0.884. The molecule has 0 aromatic carbocycles. The maximum Gasteiger partial charge on any atom is 0.159 e. The smallest absolute Gasteiger partial charge is 0.159 e. The van der Waals surface area contributed by atoms with Crippen molar-refractivity contribution < 1.29 is 0 Å². The first-order valence-corrected chi connectivity index (χ1v) is 6.56. The molecule has 0 atom stereocenters. The molecule has 0 radical (unpaired) electrons. The largest absolute Gasteiger partial charge is 0.308 e. The second-order valence-corrected chi connectivity index (χ2v) is 5.47. The molecule has 0 saturated heterocycles. The summed E-state index contributed by atoms with van der Waals surface area (Å²) >= 11 is 3.25. The molecule has 1 N–H and O–H groups in total. The van der Waals surface area contributed by atoms with Crippen LogP contribution in [0, 0.1) is 0 Å². The third-order valence-electron chi connectivity index (χ3n) is 2.23. The minimum Gasteiger partial charge on any atom is -0.308 e. The van der Waals surface area contributed by atoms with E-state index in [-0.39, 0.29) is 0 Å². The minimum absolute atomic E-state index is 0.723. The Bertz CT molecular complexity index is 433. The monoisotopic (exact) mass is 238 g/mol. The molecule has 0 spiro atoms. The molecular weight excluding hydrogens is 228 g/mol. The molecule has 78 valence electrons. The summed E-state index contributed by atoms with van der Waals surface area (Å²) in [4.78, 5) is 5.14. The average Bonchev–Trinajstić information content (AvgIpc) is 2.78. The fourth-order valence-electron chi connectivity index (χ4n) is 1.27. The summed E-state index contributed by atoms with van der Waals surface area (Å²) in [6.07, 6.45) is 4.45. The summed E-state index contributed by atoms with van der Waals surface area (Å²) in [5.41, 5.74) is 1.82. The molecule has 2 heterocycles. The molecule has 3 rings (SSSR count). The zero-order valence-electron chi connectivity index (χ0n) is 8.01. The summed E-state index contributed by atoms with van der Waals surface area (Å²) in [6, 6.07) is 0.723. The molecule has 0 amide bonds. The normalized spacial score (nSPS) is 15.7. The van der Waals surface area contributed by atoms with Gasteiger partial charge in [0, 0.05) is 18.8 Å². The summed E-state index contributed by atoms with van der Waals surface area (Å²) in [5, 5.41) is 13.8. The van der Waals surface area contributed by atoms with Crippen molar-refractivity contribution in [3.8, 4) is 9.88 Å². The standard InChI is InChI=1S/C9H10N4S2/c1-2-6(1)11-4-8-12-13-9(15-8)7-3-10-5-14-7/h3,5-6,11H,1-2,4H2. The molecule has 1 aliphatic rings. The van der Waals surface area contributed by atoms with E-state index in [4.69, 9.17) is 0 Å². The van der Waals surface area contributed by atoms with E-state index < -0.39 is 0 Å². The molecule has 0 unspecified atom stereocenters. The van der Waals surface area contributed by atoms with Crippen molar-refractivity contribution in [2.45, 2.75) is 25.4 Å². The zero-order valence-corrected chi connectivity index (χ0v) is 9.64. The van der Waals surface area contributed by atoms with Gasteiger partial charge in [0.25, 0.3) is 0 Å². The Balaban J connectivity index is 1.69. The molecule has 0 aliphatic heterocycles. The topological polar surface area (TPSA) is 50.7 Å². The molecule has 1 saturated carbocycles. The predicted octanol–water partition coefficient (Wildman–Crippen LogP) is 1.91. The average molecular weight is 238 g/mol. The van der Waals surface area contributed by atoms with Gasteiger partial charge >= 0.3 is 0 Å². The number of hydrogen-bond donors (Lipinski definition) is 1. The first-order chi connectivity index (χ1) is 7.42. The van der Waals surface area contributed by atoms with Crippen LogP contribution in [0.15, 0.2) is 11.7 Å². The van der Waals surface area contributed by atoms with Gasteiger partial charge in [-0.3, -0.25) is 4.98 Å². The third-order valence-corrected chi connectivity index (χ3v) is 4.09. The van der Waals surface area contributed by atoms with Crippen LogP contribution in [0.5, 0.6) is 0 Å². The second kappa shape index (κ2) is 3.96. The Labute approximate surface area is 95.4 Å². The highest BCUT2D eigenvalue weighted by atomic mass is 32.1. The summed E-state index contributed by atoms with van der Waals surface area (Å²) < 4.78 is 0. The van der Waals surface area contributed by atoms with Gasteiger partial charge in [0.1, 0.15) is 5.01 Å². The molecule has 6 heteroatoms. The van der Waals surface area contributed by atoms with Gasteiger partial charge in [0.2, 0.25) is 0 Å². The van der Waals surface area contributed by atoms with Crippen LogP contribution in [0.25, 0.3) is 9.88 Å². The van der Waals surface area contributed by atoms with Gasteiger partial charge in [-0.1, -0.05) is 11.3 Å². The number of thiazole rings is 1. The lowest BCUT2D eigenvalue weighted by Crippen LogP contribution is -2.14. The van der Waals surface area contributed by atoms with Crippen molar-refractivity contribution in [2.24, 2.45) is 0 Å². The number of aromatic nitrogens is 3. The molecule has 1 fully saturated rings. The van der Waals surface area contributed by atoms with Crippen LogP contribution >= 0.6 is 22.7 Å². The molecule has 2 aromatic rings. The van der Waals surface area contributed by atoms with Crippen molar-refractivity contribution in [2.75, 3.05) is 0 Å². The lowest BCUT2D eigenvalue weighted by atomic mass is 10.6. The lowest BCUT2D eigenvalue weighted by Gasteiger charge is -1.95. The molecule has 1 aliphatic carbocycles. The number of rotatable bonds is 4. The maximum atomic E-state index is 4.16. The minimum atomic E-state index is 0.723. The van der Waals surface area contributed by atoms with E-state index in [0.29, 0.717) is 0 Å². The lowest BCUT2D eigenvalue weighted by molar-refractivity contribution is 0.679. The van der Waals surface area contributed by atoms with Crippen LogP contribution in [0.4, 0.5) is 0 Å². The van der Waals surface area contributed by atoms with Gasteiger partial charge in [-0.25, -0.2) is 0 Å². The fraction of sp³-hybridized carbons (Fsp3) is 0.444. The van der Waals surface area contributed by atoms with Crippen molar-refractivity contribution in [3.63, 3.8) is 0 Å². The van der Waals surface area contributed by atoms with Crippen molar-refractivity contribution in [1.29, 1.82) is 0 Å². The first kappa shape index (κ1) is 9.38. The summed E-state index contributed by atoms with van der Waals surface area (Å²) in [5.74, 6) is 0. The van der Waals surface area contributed by atoms with E-state index in [1.807, 2.05) is 11.7 Å². The van der Waals surface area contributed by atoms with E-state index in [0.717, 1.165) is 27.5 Å². The van der Waals surface area contributed by atoms with Gasteiger partial charge < -0.3 is 5.32 Å². The molecule has 0 bridgehead atoms. The fourth-order valence-corrected chi connectivity index (χ4v) is 2.73. The summed E-state index contributed by atoms with van der Waals surface area (Å²) in [6.45, 7) is 0.848. The Morgan fingerprint density at radius 1 is 1.40 bits per heavy atom. The van der Waals surface area contributed by atoms with E-state index >= 15 is 0 Å². The summed E-state index contributed by atoms with van der Waals surface area (Å²) in [7, 11) is 0. The predicted molar refractivity (Wildman–Crippen MR) is 60.9 cm³/mol. The number of nitrogens with zero attached hydrogens (tertiary/aromatic N) is 3. The van der Waals surface area contributed by atoms with E-state index in [1.165, 1.54) is 12.8 Å². The maximum absolute atomic E-state index is 4.16. The van der Waals surface area contributed by atoms with Crippen LogP contribution in [0.3, 0.4) is 0 Å². The van der Waals surface area contributed by atoms with Crippen LogP contribution in [0.1, 0.15) is 17.8 Å². The highest BCUT2D eigenvalue weighted by molar-refractivity contribution is 7.20. The zero-order chi connectivity index (χ0) is 10.1. The van der Waals surface area contributed by atoms with Crippen LogP contribution in [-0.4, -0.2) is 21.2 Å². The second-order valence-electron chi connectivity index (χ2n) is 3.52. The van der Waals surface area contributed by atoms with E-state index in [1.54, 1.807) is 22.7 Å². The van der Waals surface area contributed by atoms with E-state index in [9.17, 15) is 0 Å². The third kappa shape index (κ3) is 2.22. The molecule has 2 aromatic heterocycles. The Morgan fingerprint density at radius 3 is 3.07 bits per heavy atom. The van der Waals surface area contributed by atoms with Crippen molar-refractivity contribution >= 4 is 22.7 Å². The van der Waals surface area contributed by atoms with Crippen LogP contribution in [0.2, 0.25) is 0 Å². The highest BCUT2D eigenvalue weighted by Crippen LogP contribution is 2.27. The van der Waals surface area contributed by atoms with Gasteiger partial charge in [0.15, 0.2) is 5.01 Å². The van der Waals surface area contributed by atoms with Gasteiger partial charge in [-0.05, 0) is 12.8 Å². The Morgan fingerprint density at radius 2 is 2.33 bits per heavy atom. The Kier molecular flexibility index (Phi) is 2.47. The first-order valence-electron chi connectivity index (χ1n) is 4.86. The SMILES string of the molecule is c1ncc(-c2nnc(CNC3CC3)s2)s1. The van der Waals surface area contributed by atoms with E-state index in [2.05, 4.69) is 20.5 Å². The van der Waals surface area contributed by atoms with Crippen LogP contribution < -0.4 is 5.32 Å². The van der Waals surface area contributed by atoms with Crippen molar-refractivity contribution in [1.82, 2.24) is 20.5 Å². The molecular formula is C9H10N4S2. The Hall–Kier alpha value is -0.850. The van der Waals surface area contributed by atoms with Gasteiger partial charge in [0.05, 0.1) is 10.4 Å². The van der Waals surface area contributed by atoms with Crippen molar-refractivity contribution in [3.05, 3.63) is 16.7 Å². The molecule has 15 heavy (non-hydrogen) atoms. The number of nitrogens with one attached hydrogen (secondary N) is 1. The van der Waals surface area contributed by atoms with Gasteiger partial charge in [-0.15, -0.1) is 21.5 Å².